The topological polar surface area (TPSA) is 86.9 Å². The smallest absolute Gasteiger partial charge is 0.260 e. The maximum absolute atomic E-state index is 12.9. The normalized spacial score (nSPS) is 16.8. The molecule has 0 aliphatic carbocycles. The van der Waals surface area contributed by atoms with Crippen molar-refractivity contribution < 1.29 is 9.53 Å². The number of fused-ring (bicyclic) bond motifs is 1. The fraction of sp³-hybridized carbons (Fsp3) is 0.500. The van der Waals surface area contributed by atoms with Crippen LogP contribution in [0.1, 0.15) is 45.8 Å². The van der Waals surface area contributed by atoms with Crippen LogP contribution in [-0.2, 0) is 18.3 Å². The first-order valence-electron chi connectivity index (χ1n) is 9.62. The zero-order valence-electron chi connectivity index (χ0n) is 17.0. The Morgan fingerprint density at radius 3 is 2.68 bits per heavy atom. The molecule has 1 atom stereocenters. The van der Waals surface area contributed by atoms with Crippen molar-refractivity contribution in [1.29, 1.82) is 0 Å². The van der Waals surface area contributed by atoms with Gasteiger partial charge in [-0.3, -0.25) is 9.48 Å². The fourth-order valence-corrected chi connectivity index (χ4v) is 4.05. The van der Waals surface area contributed by atoms with Gasteiger partial charge in [0.1, 0.15) is 17.8 Å². The van der Waals surface area contributed by atoms with Crippen molar-refractivity contribution in [1.82, 2.24) is 24.3 Å². The summed E-state index contributed by atoms with van der Waals surface area (Å²) < 4.78 is 9.70. The first kappa shape index (κ1) is 18.6. The number of carbonyl (C=O) groups excluding carboxylic acids is 1. The number of amides is 1. The van der Waals surface area contributed by atoms with E-state index < -0.39 is 0 Å². The highest BCUT2D eigenvalue weighted by Crippen LogP contribution is 2.30. The molecule has 1 N–H and O–H groups in total. The molecule has 1 amide bonds. The molecule has 3 aromatic heterocycles. The highest BCUT2D eigenvalue weighted by molar-refractivity contribution is 6.09. The molecule has 8 nitrogen and oxygen atoms in total. The summed E-state index contributed by atoms with van der Waals surface area (Å²) in [4.78, 5) is 21.8. The lowest BCUT2D eigenvalue weighted by Crippen LogP contribution is -2.17. The molecule has 8 heteroatoms. The second-order valence-corrected chi connectivity index (χ2v) is 7.50. The van der Waals surface area contributed by atoms with Crippen molar-refractivity contribution in [2.75, 3.05) is 11.9 Å². The zero-order chi connectivity index (χ0) is 20.0. The molecule has 0 bridgehead atoms. The van der Waals surface area contributed by atoms with Crippen LogP contribution < -0.4 is 5.32 Å². The third kappa shape index (κ3) is 2.97. The molecule has 148 valence electrons. The minimum atomic E-state index is -0.202. The van der Waals surface area contributed by atoms with E-state index in [4.69, 9.17) is 4.74 Å². The lowest BCUT2D eigenvalue weighted by molar-refractivity contribution is 0.0974. The molecular weight excluding hydrogens is 356 g/mol. The van der Waals surface area contributed by atoms with Crippen molar-refractivity contribution in [3.63, 3.8) is 0 Å². The highest BCUT2D eigenvalue weighted by Gasteiger charge is 2.24. The Balaban J connectivity index is 1.73. The van der Waals surface area contributed by atoms with Crippen LogP contribution >= 0.6 is 0 Å². The second-order valence-electron chi connectivity index (χ2n) is 7.50. The summed E-state index contributed by atoms with van der Waals surface area (Å²) in [5.74, 6) is 0.330. The Kier molecular flexibility index (Phi) is 4.66. The summed E-state index contributed by atoms with van der Waals surface area (Å²) in [7, 11) is 1.83. The van der Waals surface area contributed by atoms with Gasteiger partial charge in [-0.05, 0) is 46.1 Å². The van der Waals surface area contributed by atoms with Gasteiger partial charge in [0, 0.05) is 25.0 Å². The summed E-state index contributed by atoms with van der Waals surface area (Å²) in [6, 6.07) is 0. The fourth-order valence-electron chi connectivity index (χ4n) is 4.05. The van der Waals surface area contributed by atoms with Crippen LogP contribution in [0.5, 0.6) is 0 Å². The first-order chi connectivity index (χ1) is 13.4. The molecule has 1 fully saturated rings. The average molecular weight is 382 g/mol. The standard InChI is InChI=1S/C20H26N6O2/c1-11-13(3)26(9-15-7-6-8-28-15)19-16(11)18(21-10-22-19)23-20(27)17-12(2)24-25(5)14(17)4/h10,15H,6-9H2,1-5H3,(H,21,22,23,27). The van der Waals surface area contributed by atoms with Crippen molar-refractivity contribution in [2.45, 2.75) is 53.2 Å². The molecule has 1 unspecified atom stereocenters. The largest absolute Gasteiger partial charge is 0.376 e. The highest BCUT2D eigenvalue weighted by atomic mass is 16.5. The Bertz CT molecular complexity index is 1060. The molecule has 4 rings (SSSR count). The number of hydrogen-bond acceptors (Lipinski definition) is 5. The van der Waals surface area contributed by atoms with Crippen LogP contribution in [0.4, 0.5) is 5.82 Å². The molecule has 1 aliphatic heterocycles. The number of aryl methyl sites for hydroxylation is 3. The van der Waals surface area contributed by atoms with Crippen molar-refractivity contribution in [3.8, 4) is 0 Å². The van der Waals surface area contributed by atoms with E-state index in [9.17, 15) is 4.79 Å². The van der Waals surface area contributed by atoms with E-state index in [0.717, 1.165) is 54.0 Å². The number of ether oxygens (including phenoxy) is 1. The van der Waals surface area contributed by atoms with Gasteiger partial charge >= 0.3 is 0 Å². The van der Waals surface area contributed by atoms with Gasteiger partial charge in [0.25, 0.3) is 5.91 Å². The van der Waals surface area contributed by atoms with Crippen LogP contribution in [0.15, 0.2) is 6.33 Å². The van der Waals surface area contributed by atoms with Crippen molar-refractivity contribution >= 4 is 22.8 Å². The molecular formula is C20H26N6O2. The molecule has 3 aromatic rings. The van der Waals surface area contributed by atoms with E-state index in [-0.39, 0.29) is 12.0 Å². The van der Waals surface area contributed by atoms with E-state index in [1.807, 2.05) is 27.8 Å². The van der Waals surface area contributed by atoms with Crippen molar-refractivity contribution in [3.05, 3.63) is 34.5 Å². The molecule has 4 heterocycles. The van der Waals surface area contributed by atoms with Gasteiger partial charge in [-0.1, -0.05) is 0 Å². The van der Waals surface area contributed by atoms with E-state index in [2.05, 4.69) is 31.9 Å². The third-order valence-corrected chi connectivity index (χ3v) is 5.78. The second kappa shape index (κ2) is 7.01. The average Bonchev–Trinajstić information content (AvgIpc) is 3.32. The van der Waals surface area contributed by atoms with Crippen LogP contribution in [0.2, 0.25) is 0 Å². The molecule has 0 radical (unpaired) electrons. The maximum atomic E-state index is 12.9. The summed E-state index contributed by atoms with van der Waals surface area (Å²) in [5.41, 5.74) is 5.13. The summed E-state index contributed by atoms with van der Waals surface area (Å²) in [6.07, 6.45) is 3.88. The molecule has 0 saturated carbocycles. The Morgan fingerprint density at radius 2 is 2.04 bits per heavy atom. The van der Waals surface area contributed by atoms with Crippen molar-refractivity contribution in [2.24, 2.45) is 7.05 Å². The number of rotatable bonds is 4. The van der Waals surface area contributed by atoms with Crippen LogP contribution in [-0.4, -0.2) is 42.9 Å². The quantitative estimate of drug-likeness (QED) is 0.750. The number of nitrogens with zero attached hydrogens (tertiary/aromatic N) is 5. The lowest BCUT2D eigenvalue weighted by Gasteiger charge is -2.13. The number of anilines is 1. The minimum absolute atomic E-state index is 0.202. The minimum Gasteiger partial charge on any atom is -0.376 e. The van der Waals surface area contributed by atoms with Gasteiger partial charge in [0.05, 0.1) is 29.3 Å². The predicted octanol–water partition coefficient (Wildman–Crippen LogP) is 2.83. The molecule has 28 heavy (non-hydrogen) atoms. The first-order valence-corrected chi connectivity index (χ1v) is 9.62. The predicted molar refractivity (Wildman–Crippen MR) is 107 cm³/mol. The van der Waals surface area contributed by atoms with E-state index in [1.54, 1.807) is 4.68 Å². The molecule has 0 spiro atoms. The van der Waals surface area contributed by atoms with Gasteiger partial charge in [-0.15, -0.1) is 0 Å². The van der Waals surface area contributed by atoms with Gasteiger partial charge in [0.2, 0.25) is 0 Å². The van der Waals surface area contributed by atoms with E-state index >= 15 is 0 Å². The number of carbonyl (C=O) groups is 1. The van der Waals surface area contributed by atoms with Crippen LogP contribution in [0, 0.1) is 27.7 Å². The maximum Gasteiger partial charge on any atom is 0.260 e. The molecule has 1 saturated heterocycles. The molecule has 1 aliphatic rings. The van der Waals surface area contributed by atoms with Gasteiger partial charge < -0.3 is 14.6 Å². The number of aromatic nitrogens is 5. The van der Waals surface area contributed by atoms with Gasteiger partial charge in [0.15, 0.2) is 0 Å². The Morgan fingerprint density at radius 1 is 1.25 bits per heavy atom. The van der Waals surface area contributed by atoms with Crippen LogP contribution in [0.25, 0.3) is 11.0 Å². The summed E-state index contributed by atoms with van der Waals surface area (Å²) in [6.45, 7) is 9.43. The number of hydrogen-bond donors (Lipinski definition) is 1. The Labute approximate surface area is 163 Å². The Hall–Kier alpha value is -2.74. The van der Waals surface area contributed by atoms with Crippen LogP contribution in [0.3, 0.4) is 0 Å². The zero-order valence-corrected chi connectivity index (χ0v) is 17.0. The molecule has 0 aromatic carbocycles. The summed E-state index contributed by atoms with van der Waals surface area (Å²) in [5, 5.41) is 8.20. The van der Waals surface area contributed by atoms with Gasteiger partial charge in [-0.2, -0.15) is 5.10 Å². The van der Waals surface area contributed by atoms with E-state index in [0.29, 0.717) is 17.1 Å². The lowest BCUT2D eigenvalue weighted by atomic mass is 10.1. The SMILES string of the molecule is Cc1nn(C)c(C)c1C(=O)Nc1ncnc2c1c(C)c(C)n2CC1CCCO1. The monoisotopic (exact) mass is 382 g/mol. The van der Waals surface area contributed by atoms with Gasteiger partial charge in [-0.25, -0.2) is 9.97 Å². The number of nitrogens with one attached hydrogen (secondary N) is 1. The summed E-state index contributed by atoms with van der Waals surface area (Å²) >= 11 is 0. The van der Waals surface area contributed by atoms with E-state index in [1.165, 1.54) is 6.33 Å². The third-order valence-electron chi connectivity index (χ3n) is 5.78.